The molecule has 0 spiro atoms. The summed E-state index contributed by atoms with van der Waals surface area (Å²) in [6.07, 6.45) is 0. The number of hydrogen-bond acceptors (Lipinski definition) is 1. The van der Waals surface area contributed by atoms with E-state index in [2.05, 4.69) is 73.7 Å². The molecular formula is C24H18O. The minimum absolute atomic E-state index is 0.897. The summed E-state index contributed by atoms with van der Waals surface area (Å²) in [6.45, 7) is 2.14. The molecule has 0 aliphatic heterocycles. The van der Waals surface area contributed by atoms with Crippen molar-refractivity contribution in [3.05, 3.63) is 78.4 Å². The number of methoxy groups -OCH3 is 1. The van der Waals surface area contributed by atoms with Crippen LogP contribution in [0.2, 0.25) is 0 Å². The van der Waals surface area contributed by atoms with E-state index in [0.717, 1.165) is 5.75 Å². The third-order valence-electron chi connectivity index (χ3n) is 5.07. The quantitative estimate of drug-likeness (QED) is 0.315. The van der Waals surface area contributed by atoms with Gasteiger partial charge in [0.05, 0.1) is 7.11 Å². The Kier molecular flexibility index (Phi) is 2.98. The maximum atomic E-state index is 5.36. The lowest BCUT2D eigenvalue weighted by molar-refractivity contribution is 0.415. The monoisotopic (exact) mass is 322 g/mol. The van der Waals surface area contributed by atoms with Crippen LogP contribution in [0.3, 0.4) is 0 Å². The van der Waals surface area contributed by atoms with Crippen LogP contribution in [0.1, 0.15) is 5.56 Å². The molecule has 0 bridgehead atoms. The summed E-state index contributed by atoms with van der Waals surface area (Å²) >= 11 is 0. The average molecular weight is 322 g/mol. The van der Waals surface area contributed by atoms with Crippen molar-refractivity contribution in [1.29, 1.82) is 0 Å². The zero-order valence-electron chi connectivity index (χ0n) is 14.3. The van der Waals surface area contributed by atoms with Crippen molar-refractivity contribution < 1.29 is 4.74 Å². The van der Waals surface area contributed by atoms with Gasteiger partial charge < -0.3 is 4.74 Å². The zero-order valence-corrected chi connectivity index (χ0v) is 14.3. The largest absolute Gasteiger partial charge is 0.497 e. The normalized spacial score (nSPS) is 11.6. The van der Waals surface area contributed by atoms with Gasteiger partial charge in [-0.2, -0.15) is 0 Å². The maximum Gasteiger partial charge on any atom is 0.119 e. The molecule has 0 heterocycles. The molecule has 1 nitrogen and oxygen atoms in total. The predicted molar refractivity (Wildman–Crippen MR) is 108 cm³/mol. The molecule has 0 aromatic heterocycles. The van der Waals surface area contributed by atoms with Crippen molar-refractivity contribution in [2.75, 3.05) is 7.11 Å². The van der Waals surface area contributed by atoms with E-state index in [1.165, 1.54) is 48.7 Å². The average Bonchev–Trinajstić information content (AvgIpc) is 2.62. The fourth-order valence-electron chi connectivity index (χ4n) is 3.73. The molecule has 0 aliphatic rings. The number of fused-ring (bicyclic) bond motifs is 4. The molecule has 1 heteroatoms. The highest BCUT2D eigenvalue weighted by molar-refractivity contribution is 6.08. The minimum Gasteiger partial charge on any atom is -0.497 e. The highest BCUT2D eigenvalue weighted by atomic mass is 16.5. The van der Waals surface area contributed by atoms with Crippen molar-refractivity contribution in [2.24, 2.45) is 0 Å². The Hall–Kier alpha value is -3.06. The Morgan fingerprint density at radius 1 is 0.480 bits per heavy atom. The van der Waals surface area contributed by atoms with Gasteiger partial charge in [0.1, 0.15) is 5.75 Å². The van der Waals surface area contributed by atoms with Crippen LogP contribution >= 0.6 is 0 Å². The Bertz CT molecular complexity index is 1280. The van der Waals surface area contributed by atoms with Crippen LogP contribution in [0.4, 0.5) is 0 Å². The van der Waals surface area contributed by atoms with Crippen LogP contribution in [0.25, 0.3) is 43.1 Å². The van der Waals surface area contributed by atoms with Gasteiger partial charge in [0.15, 0.2) is 0 Å². The first kappa shape index (κ1) is 14.3. The van der Waals surface area contributed by atoms with Crippen LogP contribution in [0.5, 0.6) is 5.75 Å². The summed E-state index contributed by atoms with van der Waals surface area (Å²) in [5, 5.41) is 10.2. The molecule has 0 saturated heterocycles. The molecule has 0 aliphatic carbocycles. The molecule has 0 radical (unpaired) electrons. The molecule has 0 saturated carbocycles. The molecule has 0 fully saturated rings. The molecule has 0 unspecified atom stereocenters. The standard InChI is InChI=1S/C24H18O/c1-15-3-4-16-8-19-11-20-9-17-5-6-24(25-2)14-23(17)13-22(20)12-21(19)10-18(16)7-15/h3-14H,1-2H3. The van der Waals surface area contributed by atoms with E-state index in [1.54, 1.807) is 7.11 Å². The van der Waals surface area contributed by atoms with Gasteiger partial charge in [-0.3, -0.25) is 0 Å². The van der Waals surface area contributed by atoms with E-state index in [-0.39, 0.29) is 0 Å². The highest BCUT2D eigenvalue weighted by Gasteiger charge is 2.04. The Balaban J connectivity index is 1.84. The van der Waals surface area contributed by atoms with Gasteiger partial charge in [0.25, 0.3) is 0 Å². The Morgan fingerprint density at radius 3 is 1.48 bits per heavy atom. The van der Waals surface area contributed by atoms with Crippen molar-refractivity contribution in [2.45, 2.75) is 6.92 Å². The first-order valence-corrected chi connectivity index (χ1v) is 8.55. The van der Waals surface area contributed by atoms with Crippen LogP contribution in [0, 0.1) is 6.92 Å². The van der Waals surface area contributed by atoms with Crippen molar-refractivity contribution in [3.63, 3.8) is 0 Å². The van der Waals surface area contributed by atoms with E-state index in [4.69, 9.17) is 4.74 Å². The molecule has 25 heavy (non-hydrogen) atoms. The zero-order chi connectivity index (χ0) is 17.0. The molecular weight excluding hydrogens is 304 g/mol. The van der Waals surface area contributed by atoms with Gasteiger partial charge in [-0.05, 0) is 98.5 Å². The first-order chi connectivity index (χ1) is 12.2. The molecule has 0 atom stereocenters. The number of hydrogen-bond donors (Lipinski definition) is 0. The number of benzene rings is 5. The second-order valence-corrected chi connectivity index (χ2v) is 6.81. The summed E-state index contributed by atoms with van der Waals surface area (Å²) in [7, 11) is 1.71. The van der Waals surface area contributed by atoms with E-state index in [9.17, 15) is 0 Å². The van der Waals surface area contributed by atoms with Gasteiger partial charge in [-0.25, -0.2) is 0 Å². The van der Waals surface area contributed by atoms with Gasteiger partial charge in [0.2, 0.25) is 0 Å². The topological polar surface area (TPSA) is 9.23 Å². The van der Waals surface area contributed by atoms with E-state index in [1.807, 2.05) is 6.07 Å². The number of rotatable bonds is 1. The fraction of sp³-hybridized carbons (Fsp3) is 0.0833. The van der Waals surface area contributed by atoms with E-state index >= 15 is 0 Å². The van der Waals surface area contributed by atoms with Crippen LogP contribution < -0.4 is 4.74 Å². The maximum absolute atomic E-state index is 5.36. The van der Waals surface area contributed by atoms with Gasteiger partial charge >= 0.3 is 0 Å². The summed E-state index contributed by atoms with van der Waals surface area (Å²) in [6, 6.07) is 26.6. The molecule has 120 valence electrons. The third-order valence-corrected chi connectivity index (χ3v) is 5.07. The van der Waals surface area contributed by atoms with Crippen LogP contribution in [0.15, 0.2) is 72.8 Å². The van der Waals surface area contributed by atoms with Crippen molar-refractivity contribution >= 4 is 43.1 Å². The second-order valence-electron chi connectivity index (χ2n) is 6.81. The fourth-order valence-corrected chi connectivity index (χ4v) is 3.73. The summed E-state index contributed by atoms with van der Waals surface area (Å²) < 4.78 is 5.36. The van der Waals surface area contributed by atoms with Crippen molar-refractivity contribution in [3.8, 4) is 5.75 Å². The Morgan fingerprint density at radius 2 is 0.920 bits per heavy atom. The van der Waals surface area contributed by atoms with E-state index < -0.39 is 0 Å². The lowest BCUT2D eigenvalue weighted by atomic mass is 9.97. The number of ether oxygens (including phenoxy) is 1. The van der Waals surface area contributed by atoms with Crippen LogP contribution in [-0.4, -0.2) is 7.11 Å². The summed E-state index contributed by atoms with van der Waals surface area (Å²) in [5.41, 5.74) is 1.30. The van der Waals surface area contributed by atoms with Crippen molar-refractivity contribution in [1.82, 2.24) is 0 Å². The lowest BCUT2D eigenvalue weighted by Gasteiger charge is -2.08. The van der Waals surface area contributed by atoms with Crippen LogP contribution in [-0.2, 0) is 0 Å². The highest BCUT2D eigenvalue weighted by Crippen LogP contribution is 2.31. The molecule has 5 aromatic carbocycles. The lowest BCUT2D eigenvalue weighted by Crippen LogP contribution is -1.84. The predicted octanol–water partition coefficient (Wildman–Crippen LogP) is 6.62. The molecule has 0 N–H and O–H groups in total. The first-order valence-electron chi connectivity index (χ1n) is 8.55. The number of aryl methyl sites for hydroxylation is 1. The second kappa shape index (κ2) is 5.22. The molecule has 0 amide bonds. The molecule has 5 rings (SSSR count). The molecule has 5 aromatic rings. The summed E-state index contributed by atoms with van der Waals surface area (Å²) in [5.74, 6) is 0.897. The Labute approximate surface area is 146 Å². The minimum atomic E-state index is 0.897. The van der Waals surface area contributed by atoms with Gasteiger partial charge in [0, 0.05) is 0 Å². The van der Waals surface area contributed by atoms with E-state index in [0.29, 0.717) is 0 Å². The summed E-state index contributed by atoms with van der Waals surface area (Å²) in [4.78, 5) is 0. The smallest absolute Gasteiger partial charge is 0.119 e. The van der Waals surface area contributed by atoms with Gasteiger partial charge in [-0.15, -0.1) is 0 Å². The third kappa shape index (κ3) is 2.32. The SMILES string of the molecule is COc1ccc2cc3cc4cc5ccc(C)cc5cc4cc3cc2c1. The van der Waals surface area contributed by atoms with Gasteiger partial charge in [-0.1, -0.05) is 29.8 Å².